The Balaban J connectivity index is 0.000000433. The quantitative estimate of drug-likeness (QED) is 0.236. The molecule has 1 aromatic rings. The number of hydrogen-bond donors (Lipinski definition) is 3. The number of ether oxygens (including phenoxy) is 1. The normalized spacial score (nSPS) is 13.7. The fraction of sp³-hybridized carbons (Fsp3) is 0.292. The number of hydrogen-bond acceptors (Lipinski definition) is 5. The summed E-state index contributed by atoms with van der Waals surface area (Å²) in [5.74, 6) is -0.286. The van der Waals surface area contributed by atoms with Crippen molar-refractivity contribution < 1.29 is 18.7 Å². The van der Waals surface area contributed by atoms with Crippen LogP contribution in [0.15, 0.2) is 65.4 Å². The minimum absolute atomic E-state index is 0.0953. The number of halogens is 1. The van der Waals surface area contributed by atoms with Gasteiger partial charge >= 0.3 is 0 Å². The van der Waals surface area contributed by atoms with Crippen LogP contribution in [0.2, 0.25) is 0 Å². The molecule has 0 unspecified atom stereocenters. The second-order valence-corrected chi connectivity index (χ2v) is 6.85. The van der Waals surface area contributed by atoms with Gasteiger partial charge in [0.05, 0.1) is 12.0 Å². The summed E-state index contributed by atoms with van der Waals surface area (Å²) in [5.41, 5.74) is 4.19. The number of rotatable bonds is 9. The van der Waals surface area contributed by atoms with E-state index in [1.165, 1.54) is 6.34 Å². The minimum Gasteiger partial charge on any atom is -0.463 e. The first-order valence-corrected chi connectivity index (χ1v) is 10.1. The number of carbonyl (C=O) groups excluding carboxylic acids is 2. The van der Waals surface area contributed by atoms with Gasteiger partial charge < -0.3 is 20.7 Å². The lowest BCUT2D eigenvalue weighted by Gasteiger charge is -2.17. The molecule has 0 aliphatic carbocycles. The van der Waals surface area contributed by atoms with E-state index in [1.54, 1.807) is 51.3 Å². The van der Waals surface area contributed by atoms with Crippen LogP contribution in [-0.4, -0.2) is 45.5 Å². The van der Waals surface area contributed by atoms with Crippen LogP contribution in [0, 0.1) is 19.7 Å². The zero-order valence-corrected chi connectivity index (χ0v) is 18.8. The molecule has 7 nitrogen and oxygen atoms in total. The Morgan fingerprint density at radius 2 is 2.00 bits per heavy atom. The number of amides is 1. The average molecular weight is 443 g/mol. The number of aryl methyl sites for hydroxylation is 2. The van der Waals surface area contributed by atoms with Crippen LogP contribution in [0.25, 0.3) is 0 Å². The Morgan fingerprint density at radius 3 is 2.56 bits per heavy atom. The van der Waals surface area contributed by atoms with E-state index in [1.807, 2.05) is 0 Å². The Labute approximate surface area is 188 Å². The van der Waals surface area contributed by atoms with Gasteiger partial charge in [-0.2, -0.15) is 0 Å². The van der Waals surface area contributed by atoms with E-state index in [0.29, 0.717) is 41.8 Å². The highest BCUT2D eigenvalue weighted by atomic mass is 19.1. The van der Waals surface area contributed by atoms with Crippen LogP contribution in [0.3, 0.4) is 0 Å². The van der Waals surface area contributed by atoms with Crippen molar-refractivity contribution in [2.45, 2.75) is 20.3 Å². The smallest absolute Gasteiger partial charge is 0.293 e. The topological polar surface area (TPSA) is 91.8 Å². The van der Waals surface area contributed by atoms with Gasteiger partial charge in [0.15, 0.2) is 0 Å². The highest BCUT2D eigenvalue weighted by molar-refractivity contribution is 5.94. The highest BCUT2D eigenvalue weighted by Crippen LogP contribution is 2.18. The van der Waals surface area contributed by atoms with Gasteiger partial charge in [0.25, 0.3) is 6.47 Å². The molecule has 32 heavy (non-hydrogen) atoms. The van der Waals surface area contributed by atoms with Crippen molar-refractivity contribution in [2.75, 3.05) is 32.1 Å². The SMILES string of the molecule is C=C/C=C(\C=C)COC=O.CNC(=O)C1=C(N=CNc2cc(C)c(F)c(C)c2)CNCC1. The van der Waals surface area contributed by atoms with Crippen molar-refractivity contribution in [1.29, 1.82) is 0 Å². The predicted octanol–water partition coefficient (Wildman–Crippen LogP) is 3.33. The zero-order valence-electron chi connectivity index (χ0n) is 18.8. The first kappa shape index (κ1) is 26.5. The Morgan fingerprint density at radius 1 is 1.31 bits per heavy atom. The Hall–Kier alpha value is -3.52. The van der Waals surface area contributed by atoms with Crippen LogP contribution in [0.1, 0.15) is 17.5 Å². The molecule has 0 saturated heterocycles. The van der Waals surface area contributed by atoms with Crippen LogP contribution in [0.4, 0.5) is 10.1 Å². The molecule has 3 N–H and O–H groups in total. The molecule has 1 aliphatic heterocycles. The molecule has 172 valence electrons. The molecule has 1 aromatic carbocycles. The zero-order chi connectivity index (χ0) is 23.9. The third-order valence-corrected chi connectivity index (χ3v) is 4.49. The number of nitrogens with zero attached hydrogens (tertiary/aromatic N) is 1. The van der Waals surface area contributed by atoms with E-state index in [9.17, 15) is 14.0 Å². The van der Waals surface area contributed by atoms with Gasteiger partial charge in [-0.25, -0.2) is 9.38 Å². The summed E-state index contributed by atoms with van der Waals surface area (Å²) in [5, 5.41) is 8.85. The molecule has 0 fully saturated rings. The van der Waals surface area contributed by atoms with Crippen molar-refractivity contribution in [3.8, 4) is 0 Å². The maximum absolute atomic E-state index is 13.6. The molecule has 0 saturated carbocycles. The summed E-state index contributed by atoms with van der Waals surface area (Å²) in [6, 6.07) is 3.45. The van der Waals surface area contributed by atoms with Gasteiger partial charge in [-0.1, -0.05) is 31.4 Å². The maximum atomic E-state index is 13.6. The van der Waals surface area contributed by atoms with E-state index in [-0.39, 0.29) is 18.3 Å². The lowest BCUT2D eigenvalue weighted by atomic mass is 10.1. The number of allylic oxidation sites excluding steroid dienone is 2. The summed E-state index contributed by atoms with van der Waals surface area (Å²) in [4.78, 5) is 25.9. The second kappa shape index (κ2) is 14.5. The monoisotopic (exact) mass is 442 g/mol. The van der Waals surface area contributed by atoms with Gasteiger partial charge in [0, 0.05) is 24.9 Å². The lowest BCUT2D eigenvalue weighted by Crippen LogP contribution is -2.31. The van der Waals surface area contributed by atoms with Crippen molar-refractivity contribution in [3.63, 3.8) is 0 Å². The first-order valence-electron chi connectivity index (χ1n) is 10.1. The fourth-order valence-electron chi connectivity index (χ4n) is 2.86. The van der Waals surface area contributed by atoms with Gasteiger partial charge in [-0.15, -0.1) is 0 Å². The molecule has 0 spiro atoms. The fourth-order valence-corrected chi connectivity index (χ4v) is 2.86. The lowest BCUT2D eigenvalue weighted by molar-refractivity contribution is -0.127. The average Bonchev–Trinajstić information content (AvgIpc) is 2.80. The number of aliphatic imine (C=N–C) groups is 1. The number of anilines is 1. The van der Waals surface area contributed by atoms with Crippen molar-refractivity contribution >= 4 is 24.4 Å². The van der Waals surface area contributed by atoms with E-state index in [0.717, 1.165) is 17.8 Å². The number of nitrogens with one attached hydrogen (secondary N) is 3. The first-order chi connectivity index (χ1) is 15.4. The van der Waals surface area contributed by atoms with Gasteiger partial charge in [-0.3, -0.25) is 9.59 Å². The summed E-state index contributed by atoms with van der Waals surface area (Å²) in [7, 11) is 1.61. The molecule has 0 aromatic heterocycles. The molecule has 1 amide bonds. The summed E-state index contributed by atoms with van der Waals surface area (Å²) < 4.78 is 18.1. The van der Waals surface area contributed by atoms with Crippen molar-refractivity contribution in [2.24, 2.45) is 4.99 Å². The van der Waals surface area contributed by atoms with Crippen molar-refractivity contribution in [3.05, 3.63) is 77.3 Å². The molecular formula is C24H31FN4O3. The van der Waals surface area contributed by atoms with Crippen LogP contribution in [-0.2, 0) is 14.3 Å². The third-order valence-electron chi connectivity index (χ3n) is 4.49. The second-order valence-electron chi connectivity index (χ2n) is 6.85. The summed E-state index contributed by atoms with van der Waals surface area (Å²) >= 11 is 0. The number of carbonyl (C=O) groups is 2. The summed E-state index contributed by atoms with van der Waals surface area (Å²) in [6.45, 7) is 12.5. The van der Waals surface area contributed by atoms with E-state index < -0.39 is 0 Å². The van der Waals surface area contributed by atoms with Gasteiger partial charge in [0.1, 0.15) is 12.4 Å². The van der Waals surface area contributed by atoms with E-state index in [2.05, 4.69) is 38.8 Å². The predicted molar refractivity (Wildman–Crippen MR) is 127 cm³/mol. The molecular weight excluding hydrogens is 411 g/mol. The molecule has 0 bridgehead atoms. The Kier molecular flexibility index (Phi) is 12.0. The molecule has 1 aliphatic rings. The molecule has 2 rings (SSSR count). The van der Waals surface area contributed by atoms with E-state index in [4.69, 9.17) is 0 Å². The van der Waals surface area contributed by atoms with Gasteiger partial charge in [-0.05, 0) is 55.6 Å². The molecule has 1 heterocycles. The van der Waals surface area contributed by atoms with Crippen LogP contribution < -0.4 is 16.0 Å². The van der Waals surface area contributed by atoms with Gasteiger partial charge in [0.2, 0.25) is 5.91 Å². The Bertz CT molecular complexity index is 897. The number of benzene rings is 1. The summed E-state index contributed by atoms with van der Waals surface area (Å²) in [6.07, 6.45) is 7.16. The molecule has 0 radical (unpaired) electrons. The van der Waals surface area contributed by atoms with E-state index >= 15 is 0 Å². The standard InChI is InChI=1S/C16H21FN4O.C8H10O2/c1-10-6-12(7-11(2)15(10)17)20-9-21-14-8-19-5-4-13(14)16(22)18-3;1-3-5-8(4-2)6-10-7-9/h6-7,9,19H,4-5,8H2,1-3H3,(H,18,22)(H,20,21);3-5,7H,1-2,6H2/b;8-5+. The minimum atomic E-state index is -0.191. The number of likely N-dealkylation sites (N-methyl/N-ethyl adjacent to an activating group) is 1. The molecule has 0 atom stereocenters. The van der Waals surface area contributed by atoms with Crippen molar-refractivity contribution in [1.82, 2.24) is 10.6 Å². The molecule has 8 heteroatoms. The van der Waals surface area contributed by atoms with Crippen LogP contribution >= 0.6 is 0 Å². The largest absolute Gasteiger partial charge is 0.463 e. The third kappa shape index (κ3) is 8.69. The maximum Gasteiger partial charge on any atom is 0.293 e. The van der Waals surface area contributed by atoms with Crippen LogP contribution in [0.5, 0.6) is 0 Å². The highest BCUT2D eigenvalue weighted by Gasteiger charge is 2.17.